The molecule has 2 aromatic rings. The predicted octanol–water partition coefficient (Wildman–Crippen LogP) is -1.01. The molecular weight excluding hydrogens is 355 g/mol. The topological polar surface area (TPSA) is 46.6 Å². The smallest absolute Gasteiger partial charge is 0.548 e. The van der Waals surface area contributed by atoms with Gasteiger partial charge in [-0.3, -0.25) is 9.80 Å². The van der Waals surface area contributed by atoms with Crippen molar-refractivity contribution in [3.8, 4) is 0 Å². The van der Waals surface area contributed by atoms with Gasteiger partial charge in [-0.15, -0.1) is 0 Å². The third-order valence-corrected chi connectivity index (χ3v) is 5.51. The zero-order valence-corrected chi connectivity index (χ0v) is 16.9. The van der Waals surface area contributed by atoms with E-state index in [1.165, 1.54) is 11.1 Å². The maximum atomic E-state index is 11.7. The first-order valence-electron chi connectivity index (χ1n) is 8.86. The molecule has 0 radical (unpaired) electrons. The summed E-state index contributed by atoms with van der Waals surface area (Å²) in [6.07, 6.45) is 1.33. The maximum absolute atomic E-state index is 11.7. The molecule has 138 valence electrons. The molecule has 0 spiro atoms. The van der Waals surface area contributed by atoms with Crippen LogP contribution in [0.5, 0.6) is 0 Å². The summed E-state index contributed by atoms with van der Waals surface area (Å²) in [4.78, 5) is 15.9. The molecule has 2 atom stereocenters. The number of carboxylic acids is 1. The molecule has 1 aliphatic rings. The van der Waals surface area contributed by atoms with Crippen LogP contribution in [0.1, 0.15) is 16.7 Å². The molecule has 0 fully saturated rings. The van der Waals surface area contributed by atoms with E-state index in [4.69, 9.17) is 11.6 Å². The van der Waals surface area contributed by atoms with Crippen LogP contribution in [0.4, 0.5) is 0 Å². The molecule has 0 unspecified atom stereocenters. The summed E-state index contributed by atoms with van der Waals surface area (Å²) in [5, 5.41) is 12.4. The zero-order valence-electron chi connectivity index (χ0n) is 16.2. The molecule has 0 bridgehead atoms. The van der Waals surface area contributed by atoms with Crippen LogP contribution in [0, 0.1) is 0 Å². The van der Waals surface area contributed by atoms with Crippen LogP contribution in [0.15, 0.2) is 48.5 Å². The van der Waals surface area contributed by atoms with E-state index in [1.54, 1.807) is 12.1 Å². The van der Waals surface area contributed by atoms with Gasteiger partial charge >= 0.3 is 18.9 Å². The fourth-order valence-corrected chi connectivity index (χ4v) is 3.77. The molecule has 0 saturated carbocycles. The minimum Gasteiger partial charge on any atom is -0.548 e. The largest absolute Gasteiger partial charge is 1.00 e. The van der Waals surface area contributed by atoms with E-state index in [9.17, 15) is 9.90 Å². The van der Waals surface area contributed by atoms with E-state index in [1.807, 2.05) is 24.1 Å². The Morgan fingerprint density at radius 2 is 1.85 bits per heavy atom. The molecule has 27 heavy (non-hydrogen) atoms. The summed E-state index contributed by atoms with van der Waals surface area (Å²) in [5.74, 6) is -1.04. The average Bonchev–Trinajstić information content (AvgIpc) is 2.61. The summed E-state index contributed by atoms with van der Waals surface area (Å²) in [6.45, 7) is 1.57. The number of carbonyl (C=O) groups excluding carboxylic acids is 1. The van der Waals surface area contributed by atoms with Crippen molar-refractivity contribution < 1.29 is 28.8 Å². The fourth-order valence-electron chi connectivity index (χ4n) is 3.64. The predicted molar refractivity (Wildman–Crippen MR) is 102 cm³/mol. The van der Waals surface area contributed by atoms with Crippen LogP contribution in [0.2, 0.25) is 5.02 Å². The molecule has 0 aromatic heterocycles. The Kier molecular flexibility index (Phi) is 7.97. The number of fused-ring (bicyclic) bond motifs is 1. The number of halogens is 1. The van der Waals surface area contributed by atoms with Crippen molar-refractivity contribution in [1.82, 2.24) is 9.80 Å². The van der Waals surface area contributed by atoms with Crippen molar-refractivity contribution in [2.75, 3.05) is 20.6 Å². The molecule has 3 rings (SSSR count). The van der Waals surface area contributed by atoms with Crippen LogP contribution in [-0.2, 0) is 24.2 Å². The first kappa shape index (κ1) is 22.0. The first-order valence-corrected chi connectivity index (χ1v) is 9.24. The Morgan fingerprint density at radius 3 is 2.48 bits per heavy atom. The van der Waals surface area contributed by atoms with Gasteiger partial charge in [0.1, 0.15) is 0 Å². The third kappa shape index (κ3) is 5.60. The Labute approximate surface area is 178 Å². The van der Waals surface area contributed by atoms with Crippen LogP contribution in [0.3, 0.4) is 0 Å². The average molecular weight is 379 g/mol. The Hall–Kier alpha value is -1.28. The molecule has 0 aliphatic carbocycles. The molecule has 2 aromatic carbocycles. The van der Waals surface area contributed by atoms with E-state index in [0.717, 1.165) is 18.5 Å². The van der Waals surface area contributed by atoms with Gasteiger partial charge in [-0.1, -0.05) is 48.0 Å². The SMILES string of the molecule is CN1Cc2ccccc2C[C@@H]1CN(C)[C@H](Cc1ccc(Cl)cc1)C(=O)[O-].[Li+]. The Bertz CT molecular complexity index is 769. The first-order chi connectivity index (χ1) is 12.4. The summed E-state index contributed by atoms with van der Waals surface area (Å²) < 4.78 is 0. The number of hydrogen-bond donors (Lipinski definition) is 0. The van der Waals surface area contributed by atoms with Crippen LogP contribution < -0.4 is 24.0 Å². The van der Waals surface area contributed by atoms with Gasteiger partial charge in [0.25, 0.3) is 0 Å². The van der Waals surface area contributed by atoms with E-state index in [0.29, 0.717) is 18.0 Å². The second-order valence-electron chi connectivity index (χ2n) is 7.15. The van der Waals surface area contributed by atoms with E-state index < -0.39 is 12.0 Å². The van der Waals surface area contributed by atoms with Crippen molar-refractivity contribution in [3.05, 3.63) is 70.2 Å². The summed E-state index contributed by atoms with van der Waals surface area (Å²) in [5.41, 5.74) is 3.65. The minimum absolute atomic E-state index is 0. The number of rotatable bonds is 6. The van der Waals surface area contributed by atoms with Gasteiger partial charge in [-0.25, -0.2) is 0 Å². The Balaban J connectivity index is 0.00000261. The van der Waals surface area contributed by atoms with Crippen LogP contribution >= 0.6 is 11.6 Å². The van der Waals surface area contributed by atoms with Gasteiger partial charge in [0.2, 0.25) is 0 Å². The quantitative estimate of drug-likeness (QED) is 0.605. The van der Waals surface area contributed by atoms with Crippen molar-refractivity contribution in [1.29, 1.82) is 0 Å². The second kappa shape index (κ2) is 9.77. The van der Waals surface area contributed by atoms with Crippen molar-refractivity contribution >= 4 is 17.6 Å². The number of carboxylic acid groups (broad SMARTS) is 1. The van der Waals surface area contributed by atoms with Gasteiger partial charge in [0, 0.05) is 24.2 Å². The molecule has 0 amide bonds. The monoisotopic (exact) mass is 378 g/mol. The standard InChI is InChI=1S/C21H25ClN2O2.Li/c1-23-13-17-6-4-3-5-16(17)12-19(23)14-24(2)20(21(25)26)11-15-7-9-18(22)10-8-15;/h3-10,19-20H,11-14H2,1-2H3,(H,25,26);/q;+1/p-1/t19-,20-;/m1./s1. The normalized spacial score (nSPS) is 17.9. The molecular formula is C21H24ClLiN2O2. The number of benzene rings is 2. The van der Waals surface area contributed by atoms with Crippen molar-refractivity contribution in [3.63, 3.8) is 0 Å². The number of hydrogen-bond acceptors (Lipinski definition) is 4. The van der Waals surface area contributed by atoms with Gasteiger partial charge in [-0.2, -0.15) is 0 Å². The van der Waals surface area contributed by atoms with Crippen molar-refractivity contribution in [2.24, 2.45) is 0 Å². The number of likely N-dealkylation sites (N-methyl/N-ethyl adjacent to an activating group) is 2. The number of aliphatic carboxylic acids is 1. The zero-order chi connectivity index (χ0) is 18.7. The third-order valence-electron chi connectivity index (χ3n) is 5.26. The molecule has 4 nitrogen and oxygen atoms in total. The summed E-state index contributed by atoms with van der Waals surface area (Å²) in [7, 11) is 3.96. The molecule has 1 heterocycles. The summed E-state index contributed by atoms with van der Waals surface area (Å²) >= 11 is 5.91. The minimum atomic E-state index is -1.04. The second-order valence-corrected chi connectivity index (χ2v) is 7.58. The number of nitrogens with zero attached hydrogens (tertiary/aromatic N) is 2. The van der Waals surface area contributed by atoms with Gasteiger partial charge in [0.15, 0.2) is 0 Å². The van der Waals surface area contributed by atoms with Crippen molar-refractivity contribution in [2.45, 2.75) is 31.5 Å². The van der Waals surface area contributed by atoms with Gasteiger partial charge in [0.05, 0.1) is 12.0 Å². The van der Waals surface area contributed by atoms with E-state index in [2.05, 4.69) is 36.2 Å². The van der Waals surface area contributed by atoms with E-state index in [-0.39, 0.29) is 24.9 Å². The molecule has 1 aliphatic heterocycles. The fraction of sp³-hybridized carbons (Fsp3) is 0.381. The summed E-state index contributed by atoms with van der Waals surface area (Å²) in [6, 6.07) is 15.4. The molecule has 6 heteroatoms. The number of carbonyl (C=O) groups is 1. The van der Waals surface area contributed by atoms with Crippen LogP contribution in [0.25, 0.3) is 0 Å². The maximum Gasteiger partial charge on any atom is 1.00 e. The van der Waals surface area contributed by atoms with Gasteiger partial charge < -0.3 is 9.90 Å². The van der Waals surface area contributed by atoms with E-state index >= 15 is 0 Å². The van der Waals surface area contributed by atoms with Gasteiger partial charge in [-0.05, 0) is 55.8 Å². The molecule has 0 N–H and O–H groups in total. The van der Waals surface area contributed by atoms with Crippen LogP contribution in [-0.4, -0.2) is 48.5 Å². The molecule has 0 saturated heterocycles. The Morgan fingerprint density at radius 1 is 1.22 bits per heavy atom.